The Morgan fingerprint density at radius 3 is 2.52 bits per heavy atom. The summed E-state index contributed by atoms with van der Waals surface area (Å²) in [6, 6.07) is 13.7. The molecule has 0 aliphatic carbocycles. The fraction of sp³-hybridized carbons (Fsp3) is 0.294. The lowest BCUT2D eigenvalue weighted by Crippen LogP contribution is -2.31. The third kappa shape index (κ3) is 2.95. The molecule has 1 N–H and O–H groups in total. The SMILES string of the molecule is FC(F)(F)c1ccccc1CC1NCCc2ccccc21. The number of nitrogens with one attached hydrogen (secondary N) is 1. The van der Waals surface area contributed by atoms with E-state index in [4.69, 9.17) is 0 Å². The first kappa shape index (κ1) is 14.1. The Balaban J connectivity index is 1.92. The van der Waals surface area contributed by atoms with Gasteiger partial charge in [0.1, 0.15) is 0 Å². The van der Waals surface area contributed by atoms with Gasteiger partial charge in [-0.15, -0.1) is 0 Å². The van der Waals surface area contributed by atoms with Gasteiger partial charge < -0.3 is 5.32 Å². The first-order valence-corrected chi connectivity index (χ1v) is 7.02. The number of benzene rings is 2. The van der Waals surface area contributed by atoms with E-state index in [2.05, 4.69) is 11.4 Å². The molecule has 3 rings (SSSR count). The van der Waals surface area contributed by atoms with Crippen LogP contribution in [-0.2, 0) is 19.0 Å². The van der Waals surface area contributed by atoms with Gasteiger partial charge in [-0.25, -0.2) is 0 Å². The van der Waals surface area contributed by atoms with Gasteiger partial charge in [-0.3, -0.25) is 0 Å². The van der Waals surface area contributed by atoms with Crippen molar-refractivity contribution in [2.45, 2.75) is 25.1 Å². The third-order valence-corrected chi connectivity index (χ3v) is 3.96. The summed E-state index contributed by atoms with van der Waals surface area (Å²) in [7, 11) is 0. The Morgan fingerprint density at radius 1 is 1.00 bits per heavy atom. The highest BCUT2D eigenvalue weighted by molar-refractivity contribution is 5.36. The Morgan fingerprint density at radius 2 is 1.71 bits per heavy atom. The Kier molecular flexibility index (Phi) is 3.72. The molecule has 1 atom stereocenters. The second-order valence-corrected chi connectivity index (χ2v) is 5.31. The van der Waals surface area contributed by atoms with Crippen molar-refractivity contribution in [2.75, 3.05) is 6.54 Å². The summed E-state index contributed by atoms with van der Waals surface area (Å²) < 4.78 is 39.2. The predicted molar refractivity (Wildman–Crippen MR) is 76.0 cm³/mol. The summed E-state index contributed by atoms with van der Waals surface area (Å²) in [6.07, 6.45) is -3.02. The molecular formula is C17H16F3N. The largest absolute Gasteiger partial charge is 0.416 e. The molecule has 4 heteroatoms. The molecule has 1 heterocycles. The topological polar surface area (TPSA) is 12.0 Å². The van der Waals surface area contributed by atoms with Crippen LogP contribution in [0.15, 0.2) is 48.5 Å². The van der Waals surface area contributed by atoms with Crippen molar-refractivity contribution in [1.82, 2.24) is 5.32 Å². The minimum absolute atomic E-state index is 0.0570. The van der Waals surface area contributed by atoms with Crippen LogP contribution in [0.25, 0.3) is 0 Å². The van der Waals surface area contributed by atoms with Crippen LogP contribution in [0.3, 0.4) is 0 Å². The van der Waals surface area contributed by atoms with E-state index in [-0.39, 0.29) is 6.04 Å². The van der Waals surface area contributed by atoms with Crippen molar-refractivity contribution < 1.29 is 13.2 Å². The molecule has 1 nitrogen and oxygen atoms in total. The maximum absolute atomic E-state index is 13.1. The van der Waals surface area contributed by atoms with Gasteiger partial charge in [-0.05, 0) is 42.1 Å². The number of fused-ring (bicyclic) bond motifs is 1. The number of alkyl halides is 3. The van der Waals surface area contributed by atoms with Crippen LogP contribution in [0.4, 0.5) is 13.2 Å². The highest BCUT2D eigenvalue weighted by Crippen LogP contribution is 2.34. The molecule has 1 aliphatic rings. The van der Waals surface area contributed by atoms with E-state index in [1.54, 1.807) is 12.1 Å². The van der Waals surface area contributed by atoms with Crippen LogP contribution in [0.2, 0.25) is 0 Å². The summed E-state index contributed by atoms with van der Waals surface area (Å²) in [4.78, 5) is 0. The molecule has 0 bridgehead atoms. The fourth-order valence-electron chi connectivity index (χ4n) is 2.97. The molecule has 110 valence electrons. The molecule has 0 amide bonds. The zero-order chi connectivity index (χ0) is 14.9. The number of hydrogen-bond acceptors (Lipinski definition) is 1. The van der Waals surface area contributed by atoms with E-state index in [1.807, 2.05) is 18.2 Å². The standard InChI is InChI=1S/C17H16F3N/c18-17(19,20)15-8-4-2-6-13(15)11-16-14-7-3-1-5-12(14)9-10-21-16/h1-8,16,21H,9-11H2. The van der Waals surface area contributed by atoms with Crippen molar-refractivity contribution in [3.8, 4) is 0 Å². The monoisotopic (exact) mass is 291 g/mol. The molecule has 0 radical (unpaired) electrons. The highest BCUT2D eigenvalue weighted by atomic mass is 19.4. The van der Waals surface area contributed by atoms with Crippen LogP contribution in [0.5, 0.6) is 0 Å². The smallest absolute Gasteiger partial charge is 0.309 e. The van der Waals surface area contributed by atoms with Crippen molar-refractivity contribution >= 4 is 0 Å². The van der Waals surface area contributed by atoms with Crippen LogP contribution < -0.4 is 5.32 Å². The maximum Gasteiger partial charge on any atom is 0.416 e. The molecule has 0 saturated heterocycles. The average Bonchev–Trinajstić information content (AvgIpc) is 2.47. The lowest BCUT2D eigenvalue weighted by Gasteiger charge is -2.28. The van der Waals surface area contributed by atoms with Gasteiger partial charge in [0.05, 0.1) is 5.56 Å². The van der Waals surface area contributed by atoms with Gasteiger partial charge in [0.2, 0.25) is 0 Å². The van der Waals surface area contributed by atoms with Crippen LogP contribution in [0.1, 0.15) is 28.3 Å². The average molecular weight is 291 g/mol. The Bertz CT molecular complexity index is 634. The van der Waals surface area contributed by atoms with E-state index in [1.165, 1.54) is 11.6 Å². The molecule has 1 unspecified atom stereocenters. The van der Waals surface area contributed by atoms with Gasteiger partial charge >= 0.3 is 6.18 Å². The van der Waals surface area contributed by atoms with E-state index in [9.17, 15) is 13.2 Å². The lowest BCUT2D eigenvalue weighted by atomic mass is 9.89. The van der Waals surface area contributed by atoms with E-state index < -0.39 is 11.7 Å². The Labute approximate surface area is 121 Å². The van der Waals surface area contributed by atoms with Gasteiger partial charge in [0, 0.05) is 6.04 Å². The minimum Gasteiger partial charge on any atom is -0.309 e. The van der Waals surface area contributed by atoms with Crippen LogP contribution >= 0.6 is 0 Å². The summed E-state index contributed by atoms with van der Waals surface area (Å²) in [5.74, 6) is 0. The molecule has 2 aromatic carbocycles. The van der Waals surface area contributed by atoms with Gasteiger partial charge in [-0.2, -0.15) is 13.2 Å². The number of hydrogen-bond donors (Lipinski definition) is 1. The van der Waals surface area contributed by atoms with Crippen molar-refractivity contribution in [1.29, 1.82) is 0 Å². The van der Waals surface area contributed by atoms with E-state index in [0.717, 1.165) is 24.6 Å². The predicted octanol–water partition coefficient (Wildman–Crippen LogP) is 4.13. The summed E-state index contributed by atoms with van der Waals surface area (Å²) in [6.45, 7) is 0.801. The van der Waals surface area contributed by atoms with Crippen molar-refractivity contribution in [2.24, 2.45) is 0 Å². The highest BCUT2D eigenvalue weighted by Gasteiger charge is 2.33. The summed E-state index contributed by atoms with van der Waals surface area (Å²) in [5.41, 5.74) is 2.15. The molecule has 21 heavy (non-hydrogen) atoms. The zero-order valence-corrected chi connectivity index (χ0v) is 11.5. The normalized spacial score (nSPS) is 18.3. The van der Waals surface area contributed by atoms with Gasteiger partial charge in [-0.1, -0.05) is 42.5 Å². The first-order chi connectivity index (χ1) is 10.1. The molecule has 2 aromatic rings. The molecule has 0 spiro atoms. The number of halogens is 3. The van der Waals surface area contributed by atoms with Crippen molar-refractivity contribution in [3.63, 3.8) is 0 Å². The van der Waals surface area contributed by atoms with E-state index in [0.29, 0.717) is 12.0 Å². The summed E-state index contributed by atoms with van der Waals surface area (Å²) in [5, 5.41) is 3.34. The molecule has 1 aliphatic heterocycles. The summed E-state index contributed by atoms with van der Waals surface area (Å²) >= 11 is 0. The van der Waals surface area contributed by atoms with Gasteiger partial charge in [0.15, 0.2) is 0 Å². The quantitative estimate of drug-likeness (QED) is 0.877. The molecular weight excluding hydrogens is 275 g/mol. The zero-order valence-electron chi connectivity index (χ0n) is 11.5. The second-order valence-electron chi connectivity index (χ2n) is 5.31. The van der Waals surface area contributed by atoms with Crippen molar-refractivity contribution in [3.05, 3.63) is 70.8 Å². The number of rotatable bonds is 2. The third-order valence-electron chi connectivity index (χ3n) is 3.96. The lowest BCUT2D eigenvalue weighted by molar-refractivity contribution is -0.138. The minimum atomic E-state index is -4.30. The fourth-order valence-corrected chi connectivity index (χ4v) is 2.97. The maximum atomic E-state index is 13.1. The Hall–Kier alpha value is -1.81. The van der Waals surface area contributed by atoms with Gasteiger partial charge in [0.25, 0.3) is 0 Å². The van der Waals surface area contributed by atoms with Crippen LogP contribution in [-0.4, -0.2) is 6.54 Å². The second kappa shape index (κ2) is 5.53. The van der Waals surface area contributed by atoms with Crippen LogP contribution in [0, 0.1) is 0 Å². The molecule has 0 saturated carbocycles. The van der Waals surface area contributed by atoms with E-state index >= 15 is 0 Å². The molecule has 0 aromatic heterocycles. The first-order valence-electron chi connectivity index (χ1n) is 7.02. The molecule has 0 fully saturated rings.